The van der Waals surface area contributed by atoms with E-state index in [4.69, 9.17) is 5.26 Å². The maximum atomic E-state index is 13.3. The van der Waals surface area contributed by atoms with Crippen LogP contribution in [-0.2, 0) is 10.0 Å². The van der Waals surface area contributed by atoms with Gasteiger partial charge in [-0.15, -0.1) is 0 Å². The Morgan fingerprint density at radius 2 is 1.83 bits per heavy atom. The van der Waals surface area contributed by atoms with Crippen LogP contribution in [0.3, 0.4) is 0 Å². The molecule has 0 aliphatic carbocycles. The first-order valence-electron chi connectivity index (χ1n) is 6.70. The van der Waals surface area contributed by atoms with Gasteiger partial charge in [0.05, 0.1) is 16.5 Å². The molecule has 0 radical (unpaired) electrons. The lowest BCUT2D eigenvalue weighted by atomic mass is 10.1. The molecule has 0 aromatic heterocycles. The molecule has 0 aliphatic heterocycles. The summed E-state index contributed by atoms with van der Waals surface area (Å²) in [6.07, 6.45) is 0. The number of rotatable bonds is 4. The van der Waals surface area contributed by atoms with Gasteiger partial charge in [0.15, 0.2) is 11.6 Å². The van der Waals surface area contributed by atoms with Gasteiger partial charge in [0.1, 0.15) is 0 Å². The first-order chi connectivity index (χ1) is 10.8. The maximum Gasteiger partial charge on any atom is 0.243 e. The fraction of sp³-hybridized carbons (Fsp3) is 0.188. The minimum atomic E-state index is -3.88. The van der Waals surface area contributed by atoms with Gasteiger partial charge in [-0.05, 0) is 42.8 Å². The van der Waals surface area contributed by atoms with E-state index in [1.54, 1.807) is 6.92 Å². The van der Waals surface area contributed by atoms with Crippen LogP contribution in [-0.4, -0.2) is 19.8 Å². The highest BCUT2D eigenvalue weighted by Gasteiger charge is 2.27. The average Bonchev–Trinajstić information content (AvgIpc) is 2.56. The molecule has 0 aliphatic rings. The molecule has 0 fully saturated rings. The van der Waals surface area contributed by atoms with Crippen molar-refractivity contribution in [2.45, 2.75) is 17.9 Å². The molecule has 0 bridgehead atoms. The van der Waals surface area contributed by atoms with E-state index < -0.39 is 27.7 Å². The van der Waals surface area contributed by atoms with E-state index in [1.165, 1.54) is 37.4 Å². The van der Waals surface area contributed by atoms with Crippen molar-refractivity contribution in [3.63, 3.8) is 0 Å². The van der Waals surface area contributed by atoms with Gasteiger partial charge in [0, 0.05) is 13.1 Å². The molecule has 23 heavy (non-hydrogen) atoms. The van der Waals surface area contributed by atoms with E-state index in [-0.39, 0.29) is 10.5 Å². The Kier molecular flexibility index (Phi) is 4.78. The summed E-state index contributed by atoms with van der Waals surface area (Å²) in [5.74, 6) is -2.03. The molecule has 2 aromatic rings. The normalized spacial score (nSPS) is 12.9. The monoisotopic (exact) mass is 336 g/mol. The predicted molar refractivity (Wildman–Crippen MR) is 80.9 cm³/mol. The maximum absolute atomic E-state index is 13.3. The SMILES string of the molecule is CC(c1ccc(F)c(F)c1)N(C)S(=O)(=O)c1cccc(C#N)c1. The average molecular weight is 336 g/mol. The molecule has 4 nitrogen and oxygen atoms in total. The van der Waals surface area contributed by atoms with Crippen LogP contribution in [0.1, 0.15) is 24.1 Å². The largest absolute Gasteiger partial charge is 0.243 e. The van der Waals surface area contributed by atoms with Crippen LogP contribution >= 0.6 is 0 Å². The lowest BCUT2D eigenvalue weighted by Crippen LogP contribution is -2.30. The molecule has 1 unspecified atom stereocenters. The molecule has 0 saturated heterocycles. The summed E-state index contributed by atoms with van der Waals surface area (Å²) in [6.45, 7) is 1.57. The highest BCUT2D eigenvalue weighted by atomic mass is 32.2. The molecular formula is C16H14F2N2O2S. The van der Waals surface area contributed by atoms with Crippen LogP contribution in [0, 0.1) is 23.0 Å². The van der Waals surface area contributed by atoms with Crippen molar-refractivity contribution in [1.82, 2.24) is 4.31 Å². The van der Waals surface area contributed by atoms with Crippen molar-refractivity contribution in [2.75, 3.05) is 7.05 Å². The number of benzene rings is 2. The van der Waals surface area contributed by atoms with Crippen molar-refractivity contribution in [1.29, 1.82) is 5.26 Å². The van der Waals surface area contributed by atoms with E-state index in [9.17, 15) is 17.2 Å². The third-order valence-electron chi connectivity index (χ3n) is 3.61. The van der Waals surface area contributed by atoms with Gasteiger partial charge in [-0.3, -0.25) is 0 Å². The number of halogens is 2. The third-order valence-corrected chi connectivity index (χ3v) is 5.54. The summed E-state index contributed by atoms with van der Waals surface area (Å²) in [5, 5.41) is 8.87. The van der Waals surface area contributed by atoms with Crippen LogP contribution < -0.4 is 0 Å². The highest BCUT2D eigenvalue weighted by Crippen LogP contribution is 2.27. The van der Waals surface area contributed by atoms with Gasteiger partial charge in [-0.25, -0.2) is 17.2 Å². The molecule has 2 rings (SSSR count). The molecule has 0 spiro atoms. The summed E-state index contributed by atoms with van der Waals surface area (Å²) in [5.41, 5.74) is 0.548. The second-order valence-corrected chi connectivity index (χ2v) is 7.01. The molecule has 0 heterocycles. The van der Waals surface area contributed by atoms with E-state index in [2.05, 4.69) is 0 Å². The summed E-state index contributed by atoms with van der Waals surface area (Å²) in [4.78, 5) is -0.0338. The second kappa shape index (κ2) is 6.44. The summed E-state index contributed by atoms with van der Waals surface area (Å²) in [7, 11) is -2.53. The van der Waals surface area contributed by atoms with Crippen LogP contribution in [0.2, 0.25) is 0 Å². The van der Waals surface area contributed by atoms with Gasteiger partial charge in [-0.1, -0.05) is 12.1 Å². The summed E-state index contributed by atoms with van der Waals surface area (Å²) < 4.78 is 52.6. The lowest BCUT2D eigenvalue weighted by molar-refractivity contribution is 0.395. The highest BCUT2D eigenvalue weighted by molar-refractivity contribution is 7.89. The Morgan fingerprint density at radius 1 is 1.13 bits per heavy atom. The third kappa shape index (κ3) is 3.38. The summed E-state index contributed by atoms with van der Waals surface area (Å²) >= 11 is 0. The number of nitriles is 1. The zero-order chi connectivity index (χ0) is 17.2. The molecule has 1 atom stereocenters. The molecule has 7 heteroatoms. The summed E-state index contributed by atoms with van der Waals surface area (Å²) in [6, 6.07) is 10.1. The van der Waals surface area contributed by atoms with Crippen molar-refractivity contribution in [2.24, 2.45) is 0 Å². The fourth-order valence-corrected chi connectivity index (χ4v) is 3.48. The fourth-order valence-electron chi connectivity index (χ4n) is 2.08. The minimum absolute atomic E-state index is 0.0338. The van der Waals surface area contributed by atoms with Gasteiger partial charge in [0.2, 0.25) is 10.0 Å². The number of nitrogens with zero attached hydrogens (tertiary/aromatic N) is 2. The van der Waals surface area contributed by atoms with Gasteiger partial charge >= 0.3 is 0 Å². The van der Waals surface area contributed by atoms with Crippen molar-refractivity contribution >= 4 is 10.0 Å². The molecule has 2 aromatic carbocycles. The van der Waals surface area contributed by atoms with Crippen LogP contribution in [0.25, 0.3) is 0 Å². The molecule has 0 saturated carbocycles. The van der Waals surface area contributed by atoms with Gasteiger partial charge in [-0.2, -0.15) is 9.57 Å². The van der Waals surface area contributed by atoms with Crippen LogP contribution in [0.4, 0.5) is 8.78 Å². The molecule has 0 amide bonds. The van der Waals surface area contributed by atoms with Crippen molar-refractivity contribution in [3.05, 3.63) is 65.2 Å². The van der Waals surface area contributed by atoms with Crippen LogP contribution in [0.5, 0.6) is 0 Å². The predicted octanol–water partition coefficient (Wildman–Crippen LogP) is 3.22. The van der Waals surface area contributed by atoms with Gasteiger partial charge in [0.25, 0.3) is 0 Å². The van der Waals surface area contributed by atoms with E-state index in [0.29, 0.717) is 5.56 Å². The standard InChI is InChI=1S/C16H14F2N2O2S/c1-11(13-6-7-15(17)16(18)9-13)20(2)23(21,22)14-5-3-4-12(8-14)10-19/h3-9,11H,1-2H3. The smallest absolute Gasteiger partial charge is 0.207 e. The Hall–Kier alpha value is -2.30. The number of hydrogen-bond donors (Lipinski definition) is 0. The molecule has 120 valence electrons. The lowest BCUT2D eigenvalue weighted by Gasteiger charge is -2.24. The molecule has 0 N–H and O–H groups in total. The first kappa shape index (κ1) is 17.1. The Labute approximate surface area is 133 Å². The topological polar surface area (TPSA) is 61.2 Å². The minimum Gasteiger partial charge on any atom is -0.207 e. The number of sulfonamides is 1. The van der Waals surface area contributed by atoms with Crippen molar-refractivity contribution < 1.29 is 17.2 Å². The zero-order valence-electron chi connectivity index (χ0n) is 12.5. The zero-order valence-corrected chi connectivity index (χ0v) is 13.3. The second-order valence-electron chi connectivity index (χ2n) is 5.01. The van der Waals surface area contributed by atoms with E-state index >= 15 is 0 Å². The Bertz CT molecular complexity index is 876. The number of hydrogen-bond acceptors (Lipinski definition) is 3. The Morgan fingerprint density at radius 3 is 2.43 bits per heavy atom. The van der Waals surface area contributed by atoms with Crippen molar-refractivity contribution in [3.8, 4) is 6.07 Å². The van der Waals surface area contributed by atoms with Gasteiger partial charge < -0.3 is 0 Å². The van der Waals surface area contributed by atoms with E-state index in [1.807, 2.05) is 6.07 Å². The first-order valence-corrected chi connectivity index (χ1v) is 8.14. The van der Waals surface area contributed by atoms with Crippen LogP contribution in [0.15, 0.2) is 47.4 Å². The quantitative estimate of drug-likeness (QED) is 0.861. The van der Waals surface area contributed by atoms with E-state index in [0.717, 1.165) is 16.4 Å². The molecular weight excluding hydrogens is 322 g/mol. The Balaban J connectivity index is 2.38.